The Morgan fingerprint density at radius 3 is 2.49 bits per heavy atom. The van der Waals surface area contributed by atoms with E-state index in [1.165, 1.54) is 30.3 Å². The molecular weight excluding hydrogens is 446 g/mol. The Morgan fingerprint density at radius 2 is 1.74 bits per heavy atom. The number of halogens is 2. The van der Waals surface area contributed by atoms with Crippen molar-refractivity contribution in [1.82, 2.24) is 20.0 Å². The van der Waals surface area contributed by atoms with Gasteiger partial charge in [-0.1, -0.05) is 12.1 Å². The smallest absolute Gasteiger partial charge is 0.254 e. The average molecular weight is 473 g/mol. The molecule has 4 aromatic rings. The number of amides is 1. The van der Waals surface area contributed by atoms with Crippen LogP contribution in [0.15, 0.2) is 66.9 Å². The first-order valence-electron chi connectivity index (χ1n) is 12.1. The Balaban J connectivity index is 1.36. The van der Waals surface area contributed by atoms with Crippen LogP contribution in [0.1, 0.15) is 28.8 Å². The van der Waals surface area contributed by atoms with E-state index in [4.69, 9.17) is 0 Å². The van der Waals surface area contributed by atoms with Crippen LogP contribution >= 0.6 is 0 Å². The third-order valence-corrected chi connectivity index (χ3v) is 7.53. The first kappa shape index (κ1) is 21.9. The molecule has 1 amide bonds. The first-order chi connectivity index (χ1) is 17.0. The van der Waals surface area contributed by atoms with Crippen molar-refractivity contribution < 1.29 is 13.6 Å². The second-order valence-electron chi connectivity index (χ2n) is 9.62. The number of nitrogens with one attached hydrogen (secondary N) is 1. The van der Waals surface area contributed by atoms with Crippen LogP contribution in [0.5, 0.6) is 0 Å². The van der Waals surface area contributed by atoms with E-state index >= 15 is 4.39 Å². The van der Waals surface area contributed by atoms with Crippen LogP contribution in [0, 0.1) is 17.6 Å². The van der Waals surface area contributed by atoms with Crippen molar-refractivity contribution in [3.63, 3.8) is 0 Å². The Morgan fingerprint density at radius 1 is 1.00 bits per heavy atom. The van der Waals surface area contributed by atoms with Gasteiger partial charge >= 0.3 is 0 Å². The molecule has 1 atom stereocenters. The highest BCUT2D eigenvalue weighted by atomic mass is 19.1. The monoisotopic (exact) mass is 472 g/mol. The Hall–Kier alpha value is -3.58. The van der Waals surface area contributed by atoms with Crippen molar-refractivity contribution in [3.8, 4) is 11.1 Å². The van der Waals surface area contributed by atoms with Crippen LogP contribution < -0.4 is 0 Å². The number of benzene rings is 3. The van der Waals surface area contributed by atoms with E-state index in [0.717, 1.165) is 54.5 Å². The van der Waals surface area contributed by atoms with Crippen molar-refractivity contribution in [2.24, 2.45) is 5.92 Å². The second kappa shape index (κ2) is 8.89. The van der Waals surface area contributed by atoms with Gasteiger partial charge in [-0.25, -0.2) is 8.78 Å². The molecule has 5 nitrogen and oxygen atoms in total. The lowest BCUT2D eigenvalue weighted by atomic mass is 9.82. The first-order valence-corrected chi connectivity index (χ1v) is 12.1. The molecule has 0 unspecified atom stereocenters. The number of aromatic amines is 1. The van der Waals surface area contributed by atoms with Crippen molar-refractivity contribution in [1.29, 1.82) is 0 Å². The summed E-state index contributed by atoms with van der Waals surface area (Å²) in [6.45, 7) is 3.04. The number of hydrogen-bond donors (Lipinski definition) is 1. The maximum Gasteiger partial charge on any atom is 0.254 e. The minimum Gasteiger partial charge on any atom is -0.330 e. The van der Waals surface area contributed by atoms with Crippen LogP contribution in [0.2, 0.25) is 0 Å². The molecule has 0 saturated carbocycles. The van der Waals surface area contributed by atoms with Gasteiger partial charge in [-0.15, -0.1) is 0 Å². The molecule has 3 aromatic carbocycles. The summed E-state index contributed by atoms with van der Waals surface area (Å²) in [6, 6.07) is 16.7. The van der Waals surface area contributed by atoms with Gasteiger partial charge in [0, 0.05) is 35.6 Å². The summed E-state index contributed by atoms with van der Waals surface area (Å²) in [5, 5.41) is 8.00. The zero-order valence-corrected chi connectivity index (χ0v) is 19.3. The normalized spacial score (nSPS) is 21.4. The summed E-state index contributed by atoms with van der Waals surface area (Å²) in [4.78, 5) is 17.9. The lowest BCUT2D eigenvalue weighted by Crippen LogP contribution is -2.58. The van der Waals surface area contributed by atoms with Gasteiger partial charge < -0.3 is 9.80 Å². The van der Waals surface area contributed by atoms with Gasteiger partial charge in [0.1, 0.15) is 11.6 Å². The van der Waals surface area contributed by atoms with Crippen molar-refractivity contribution >= 4 is 16.8 Å². The van der Waals surface area contributed by atoms with Gasteiger partial charge in [0.15, 0.2) is 0 Å². The van der Waals surface area contributed by atoms with E-state index in [-0.39, 0.29) is 30.1 Å². The van der Waals surface area contributed by atoms with Crippen LogP contribution in [-0.2, 0) is 6.54 Å². The van der Waals surface area contributed by atoms with E-state index in [2.05, 4.69) is 15.1 Å². The van der Waals surface area contributed by atoms with Gasteiger partial charge in [0.05, 0.1) is 11.7 Å². The third-order valence-electron chi connectivity index (χ3n) is 7.53. The number of fused-ring (bicyclic) bond motifs is 4. The van der Waals surface area contributed by atoms with Crippen molar-refractivity contribution in [2.45, 2.75) is 25.4 Å². The Kier molecular flexibility index (Phi) is 5.57. The molecule has 2 bridgehead atoms. The molecule has 4 heterocycles. The molecule has 7 heteroatoms. The summed E-state index contributed by atoms with van der Waals surface area (Å²) >= 11 is 0. The van der Waals surface area contributed by atoms with E-state index in [9.17, 15) is 9.18 Å². The molecule has 3 fully saturated rings. The van der Waals surface area contributed by atoms with Crippen LogP contribution in [-0.4, -0.2) is 51.6 Å². The van der Waals surface area contributed by atoms with E-state index in [0.29, 0.717) is 17.0 Å². The SMILES string of the molecule is O=C(c1ccc(F)cc1)N(Cc1cc(-c2ccc3[nH]ncc3c2)ccc1F)[C@H]1CN2CCC1CC2. The minimum atomic E-state index is -0.385. The summed E-state index contributed by atoms with van der Waals surface area (Å²) in [6.07, 6.45) is 3.83. The fraction of sp³-hybridized carbons (Fsp3) is 0.286. The molecule has 0 aliphatic carbocycles. The molecule has 178 valence electrons. The van der Waals surface area contributed by atoms with Crippen LogP contribution in [0.3, 0.4) is 0 Å². The second-order valence-corrected chi connectivity index (χ2v) is 9.62. The quantitative estimate of drug-likeness (QED) is 0.432. The lowest BCUT2D eigenvalue weighted by molar-refractivity contribution is 0.00434. The third kappa shape index (κ3) is 4.21. The molecular formula is C28H26F2N4O. The topological polar surface area (TPSA) is 52.2 Å². The summed E-state index contributed by atoms with van der Waals surface area (Å²) in [5.74, 6) is -0.520. The standard InChI is InChI=1S/C28H26F2N4O/c29-24-5-1-19(2-6-24)28(35)34(27-17-33-11-9-18(27)10-12-33)16-23-14-20(3-7-25(23)30)21-4-8-26-22(13-21)15-31-32-26/h1-8,13-15,18,27H,9-12,16-17H2,(H,31,32)/t27-/m0/s1. The predicted molar refractivity (Wildman–Crippen MR) is 131 cm³/mol. The number of carbonyl (C=O) groups excluding carboxylic acids is 1. The molecule has 3 saturated heterocycles. The molecule has 35 heavy (non-hydrogen) atoms. The number of carbonyl (C=O) groups is 1. The zero-order valence-electron chi connectivity index (χ0n) is 19.3. The van der Waals surface area contributed by atoms with E-state index in [1.807, 2.05) is 29.2 Å². The highest BCUT2D eigenvalue weighted by Crippen LogP contribution is 2.34. The summed E-state index contributed by atoms with van der Waals surface area (Å²) in [5.41, 5.74) is 3.67. The molecule has 0 spiro atoms. The molecule has 7 rings (SSSR count). The van der Waals surface area contributed by atoms with Gasteiger partial charge in [-0.3, -0.25) is 9.89 Å². The van der Waals surface area contributed by atoms with Crippen LogP contribution in [0.25, 0.3) is 22.0 Å². The molecule has 1 N–H and O–H groups in total. The number of hydrogen-bond acceptors (Lipinski definition) is 3. The van der Waals surface area contributed by atoms with Crippen molar-refractivity contribution in [2.75, 3.05) is 19.6 Å². The number of rotatable bonds is 5. The summed E-state index contributed by atoms with van der Waals surface area (Å²) in [7, 11) is 0. The number of aromatic nitrogens is 2. The van der Waals surface area contributed by atoms with E-state index < -0.39 is 0 Å². The number of H-pyrrole nitrogens is 1. The van der Waals surface area contributed by atoms with Gasteiger partial charge in [0.2, 0.25) is 0 Å². The summed E-state index contributed by atoms with van der Waals surface area (Å²) < 4.78 is 28.6. The Labute approximate surface area is 202 Å². The largest absolute Gasteiger partial charge is 0.330 e. The maximum absolute atomic E-state index is 15.1. The highest BCUT2D eigenvalue weighted by Gasteiger charge is 2.39. The van der Waals surface area contributed by atoms with Gasteiger partial charge in [-0.05, 0) is 91.5 Å². The number of nitrogens with zero attached hydrogens (tertiary/aromatic N) is 3. The highest BCUT2D eigenvalue weighted by molar-refractivity contribution is 5.94. The fourth-order valence-electron chi connectivity index (χ4n) is 5.57. The zero-order chi connectivity index (χ0) is 23.9. The fourth-order valence-corrected chi connectivity index (χ4v) is 5.57. The van der Waals surface area contributed by atoms with Crippen LogP contribution in [0.4, 0.5) is 8.78 Å². The van der Waals surface area contributed by atoms with Gasteiger partial charge in [0.25, 0.3) is 5.91 Å². The maximum atomic E-state index is 15.1. The minimum absolute atomic E-state index is 0.000361. The van der Waals surface area contributed by atoms with E-state index in [1.54, 1.807) is 12.3 Å². The van der Waals surface area contributed by atoms with Gasteiger partial charge in [-0.2, -0.15) is 5.10 Å². The molecule has 0 radical (unpaired) electrons. The average Bonchev–Trinajstić information content (AvgIpc) is 3.37. The molecule has 1 aromatic heterocycles. The Bertz CT molecular complexity index is 1380. The molecule has 3 aliphatic rings. The number of piperidine rings is 3. The van der Waals surface area contributed by atoms with Crippen molar-refractivity contribution in [3.05, 3.63) is 89.6 Å². The predicted octanol–water partition coefficient (Wildman–Crippen LogP) is 5.24. The molecule has 3 aliphatic heterocycles. The lowest BCUT2D eigenvalue weighted by Gasteiger charge is -2.49.